The lowest BCUT2D eigenvalue weighted by Crippen LogP contribution is -2.25. The van der Waals surface area contributed by atoms with Gasteiger partial charge in [-0.1, -0.05) is 6.07 Å². The normalized spacial score (nSPS) is 11.6. The first-order chi connectivity index (χ1) is 6.55. The van der Waals surface area contributed by atoms with E-state index in [2.05, 4.69) is 9.71 Å². The van der Waals surface area contributed by atoms with Crippen molar-refractivity contribution in [2.75, 3.05) is 5.75 Å². The topological polar surface area (TPSA) is 59.1 Å². The van der Waals surface area contributed by atoms with E-state index in [0.717, 1.165) is 11.3 Å². The van der Waals surface area contributed by atoms with E-state index >= 15 is 0 Å². The SMILES string of the molecule is CCS(=O)(=O)NCc1ncccc1C. The number of aryl methyl sites for hydroxylation is 1. The Hall–Kier alpha value is -0.940. The van der Waals surface area contributed by atoms with E-state index in [4.69, 9.17) is 0 Å². The molecule has 78 valence electrons. The minimum absolute atomic E-state index is 0.0961. The van der Waals surface area contributed by atoms with E-state index in [0.29, 0.717) is 0 Å². The van der Waals surface area contributed by atoms with E-state index in [-0.39, 0.29) is 12.3 Å². The first kappa shape index (κ1) is 11.1. The fraction of sp³-hybridized carbons (Fsp3) is 0.444. The molecule has 0 atom stereocenters. The predicted molar refractivity (Wildman–Crippen MR) is 55.3 cm³/mol. The van der Waals surface area contributed by atoms with Crippen LogP contribution in [0.5, 0.6) is 0 Å². The summed E-state index contributed by atoms with van der Waals surface area (Å²) in [6.07, 6.45) is 1.66. The van der Waals surface area contributed by atoms with Crippen LogP contribution in [0.4, 0.5) is 0 Å². The van der Waals surface area contributed by atoms with Crippen LogP contribution >= 0.6 is 0 Å². The zero-order valence-corrected chi connectivity index (χ0v) is 9.13. The molecule has 0 amide bonds. The molecule has 5 heteroatoms. The van der Waals surface area contributed by atoms with Gasteiger partial charge in [-0.15, -0.1) is 0 Å². The standard InChI is InChI=1S/C9H14N2O2S/c1-3-14(12,13)11-7-9-8(2)5-4-6-10-9/h4-6,11H,3,7H2,1-2H3. The van der Waals surface area contributed by atoms with E-state index < -0.39 is 10.0 Å². The van der Waals surface area contributed by atoms with Gasteiger partial charge >= 0.3 is 0 Å². The number of hydrogen-bond donors (Lipinski definition) is 1. The van der Waals surface area contributed by atoms with E-state index in [1.807, 2.05) is 19.1 Å². The van der Waals surface area contributed by atoms with Crippen molar-refractivity contribution in [3.8, 4) is 0 Å². The fourth-order valence-corrected chi connectivity index (χ4v) is 1.54. The molecule has 0 saturated carbocycles. The summed E-state index contributed by atoms with van der Waals surface area (Å²) in [7, 11) is -3.12. The van der Waals surface area contributed by atoms with Crippen molar-refractivity contribution >= 4 is 10.0 Å². The second kappa shape index (κ2) is 4.52. The molecule has 1 N–H and O–H groups in total. The van der Waals surface area contributed by atoms with Crippen LogP contribution in [0.25, 0.3) is 0 Å². The van der Waals surface area contributed by atoms with Crippen molar-refractivity contribution in [1.82, 2.24) is 9.71 Å². The van der Waals surface area contributed by atoms with Crippen molar-refractivity contribution in [1.29, 1.82) is 0 Å². The zero-order chi connectivity index (χ0) is 10.6. The molecule has 0 aromatic carbocycles. The van der Waals surface area contributed by atoms with Gasteiger partial charge in [0.2, 0.25) is 10.0 Å². The zero-order valence-electron chi connectivity index (χ0n) is 8.32. The lowest BCUT2D eigenvalue weighted by molar-refractivity contribution is 0.581. The number of pyridine rings is 1. The summed E-state index contributed by atoms with van der Waals surface area (Å²) in [5, 5.41) is 0. The molecule has 0 aliphatic carbocycles. The number of sulfonamides is 1. The van der Waals surface area contributed by atoms with E-state index in [1.54, 1.807) is 13.1 Å². The highest BCUT2D eigenvalue weighted by molar-refractivity contribution is 7.89. The predicted octanol–water partition coefficient (Wildman–Crippen LogP) is 0.829. The summed E-state index contributed by atoms with van der Waals surface area (Å²) in [4.78, 5) is 4.09. The van der Waals surface area contributed by atoms with Crippen LogP contribution in [0.15, 0.2) is 18.3 Å². The molecule has 0 aliphatic rings. The van der Waals surface area contributed by atoms with Gasteiger partial charge in [0.1, 0.15) is 0 Å². The Morgan fingerprint density at radius 2 is 2.21 bits per heavy atom. The quantitative estimate of drug-likeness (QED) is 0.807. The van der Waals surface area contributed by atoms with Crippen LogP contribution < -0.4 is 4.72 Å². The van der Waals surface area contributed by atoms with Gasteiger partial charge in [-0.05, 0) is 25.5 Å². The smallest absolute Gasteiger partial charge is 0.211 e. The van der Waals surface area contributed by atoms with Crippen molar-refractivity contribution in [3.05, 3.63) is 29.6 Å². The molecular formula is C9H14N2O2S. The number of nitrogens with one attached hydrogen (secondary N) is 1. The van der Waals surface area contributed by atoms with Crippen LogP contribution in [0.1, 0.15) is 18.2 Å². The number of rotatable bonds is 4. The monoisotopic (exact) mass is 214 g/mol. The van der Waals surface area contributed by atoms with Gasteiger partial charge in [-0.25, -0.2) is 13.1 Å². The van der Waals surface area contributed by atoms with Gasteiger partial charge < -0.3 is 0 Å². The largest absolute Gasteiger partial charge is 0.260 e. The Morgan fingerprint density at radius 1 is 1.50 bits per heavy atom. The lowest BCUT2D eigenvalue weighted by atomic mass is 10.2. The third-order valence-electron chi connectivity index (χ3n) is 1.96. The number of hydrogen-bond acceptors (Lipinski definition) is 3. The minimum Gasteiger partial charge on any atom is -0.260 e. The first-order valence-corrected chi connectivity index (χ1v) is 6.08. The molecule has 0 bridgehead atoms. The van der Waals surface area contributed by atoms with Gasteiger partial charge in [0.15, 0.2) is 0 Å². The molecule has 1 heterocycles. The molecular weight excluding hydrogens is 200 g/mol. The maximum Gasteiger partial charge on any atom is 0.211 e. The van der Waals surface area contributed by atoms with Gasteiger partial charge in [0.25, 0.3) is 0 Å². The highest BCUT2D eigenvalue weighted by Crippen LogP contribution is 2.02. The highest BCUT2D eigenvalue weighted by Gasteiger charge is 2.07. The average Bonchev–Trinajstić information content (AvgIpc) is 2.17. The molecule has 0 unspecified atom stereocenters. The molecule has 4 nitrogen and oxygen atoms in total. The molecule has 14 heavy (non-hydrogen) atoms. The van der Waals surface area contributed by atoms with Crippen molar-refractivity contribution in [2.24, 2.45) is 0 Å². The fourth-order valence-electron chi connectivity index (χ4n) is 0.984. The summed E-state index contributed by atoms with van der Waals surface area (Å²) in [6, 6.07) is 3.73. The van der Waals surface area contributed by atoms with Gasteiger partial charge in [0.05, 0.1) is 18.0 Å². The molecule has 0 saturated heterocycles. The number of aromatic nitrogens is 1. The van der Waals surface area contributed by atoms with E-state index in [9.17, 15) is 8.42 Å². The second-order valence-corrected chi connectivity index (χ2v) is 5.09. The molecule has 0 aliphatic heterocycles. The lowest BCUT2D eigenvalue weighted by Gasteiger charge is -2.05. The second-order valence-electron chi connectivity index (χ2n) is 2.99. The summed E-state index contributed by atoms with van der Waals surface area (Å²) in [6.45, 7) is 3.78. The Balaban J connectivity index is 2.68. The Bertz CT molecular complexity index is 401. The minimum atomic E-state index is -3.12. The summed E-state index contributed by atoms with van der Waals surface area (Å²) in [5.74, 6) is 0.0961. The van der Waals surface area contributed by atoms with Crippen LogP contribution in [-0.2, 0) is 16.6 Å². The molecule has 1 aromatic heterocycles. The first-order valence-electron chi connectivity index (χ1n) is 4.43. The highest BCUT2D eigenvalue weighted by atomic mass is 32.2. The molecule has 0 fully saturated rings. The molecule has 0 spiro atoms. The van der Waals surface area contributed by atoms with Crippen LogP contribution in [0, 0.1) is 6.92 Å². The number of nitrogens with zero attached hydrogens (tertiary/aromatic N) is 1. The molecule has 1 aromatic rings. The van der Waals surface area contributed by atoms with Crippen molar-refractivity contribution in [3.63, 3.8) is 0 Å². The summed E-state index contributed by atoms with van der Waals surface area (Å²) >= 11 is 0. The maximum absolute atomic E-state index is 11.1. The van der Waals surface area contributed by atoms with Gasteiger partial charge in [0, 0.05) is 6.20 Å². The van der Waals surface area contributed by atoms with Crippen LogP contribution in [0.3, 0.4) is 0 Å². The Morgan fingerprint density at radius 3 is 2.79 bits per heavy atom. The van der Waals surface area contributed by atoms with Crippen molar-refractivity contribution < 1.29 is 8.42 Å². The van der Waals surface area contributed by atoms with Crippen molar-refractivity contribution in [2.45, 2.75) is 20.4 Å². The van der Waals surface area contributed by atoms with Crippen LogP contribution in [0.2, 0.25) is 0 Å². The third-order valence-corrected chi connectivity index (χ3v) is 3.30. The summed E-state index contributed by atoms with van der Waals surface area (Å²) in [5.41, 5.74) is 1.76. The third kappa shape index (κ3) is 3.08. The maximum atomic E-state index is 11.1. The Labute approximate surface area is 84.4 Å². The van der Waals surface area contributed by atoms with Gasteiger partial charge in [-0.2, -0.15) is 0 Å². The van der Waals surface area contributed by atoms with Gasteiger partial charge in [-0.3, -0.25) is 4.98 Å². The van der Waals surface area contributed by atoms with Crippen LogP contribution in [-0.4, -0.2) is 19.2 Å². The average molecular weight is 214 g/mol. The van der Waals surface area contributed by atoms with E-state index in [1.165, 1.54) is 0 Å². The molecule has 0 radical (unpaired) electrons. The summed E-state index contributed by atoms with van der Waals surface area (Å²) < 4.78 is 24.8. The Kier molecular flexibility index (Phi) is 3.60. The molecule has 1 rings (SSSR count).